The summed E-state index contributed by atoms with van der Waals surface area (Å²) in [6.45, 7) is 1.32. The number of rotatable bonds is 7. The third-order valence-electron chi connectivity index (χ3n) is 2.55. The first-order valence-corrected chi connectivity index (χ1v) is 6.55. The second kappa shape index (κ2) is 9.44. The molecule has 5 nitrogen and oxygen atoms in total. The fourth-order valence-corrected chi connectivity index (χ4v) is 1.45. The van der Waals surface area contributed by atoms with E-state index in [1.807, 2.05) is 0 Å². The minimum absolute atomic E-state index is 0.222. The molecule has 0 saturated carbocycles. The molecule has 1 amide bonds. The number of halogens is 3. The summed E-state index contributed by atoms with van der Waals surface area (Å²) in [6, 6.07) is 0. The van der Waals surface area contributed by atoms with Gasteiger partial charge in [-0.25, -0.2) is 0 Å². The molecule has 0 radical (unpaired) electrons. The van der Waals surface area contributed by atoms with Crippen molar-refractivity contribution in [3.63, 3.8) is 0 Å². The van der Waals surface area contributed by atoms with Gasteiger partial charge in [-0.05, 0) is 6.42 Å². The summed E-state index contributed by atoms with van der Waals surface area (Å²) in [5.74, 6) is -0.228. The summed E-state index contributed by atoms with van der Waals surface area (Å²) in [4.78, 5) is 16.0. The normalized spacial score (nSPS) is 12.2. The summed E-state index contributed by atoms with van der Waals surface area (Å²) in [5, 5.41) is 5.69. The van der Waals surface area contributed by atoms with Gasteiger partial charge in [-0.1, -0.05) is 19.8 Å². The highest BCUT2D eigenvalue weighted by Gasteiger charge is 2.31. The molecule has 8 heteroatoms. The molecule has 2 N–H and O–H groups in total. The Kier molecular flexibility index (Phi) is 8.74. The molecule has 0 unspecified atom stereocenters. The van der Waals surface area contributed by atoms with Gasteiger partial charge in [0.1, 0.15) is 6.54 Å². The van der Waals surface area contributed by atoms with Crippen LogP contribution in [-0.2, 0) is 4.79 Å². The Bertz CT molecular complexity index is 318. The quantitative estimate of drug-likeness (QED) is 0.424. The number of hydrogen-bond donors (Lipinski definition) is 2. The molecule has 0 saturated heterocycles. The highest BCUT2D eigenvalue weighted by atomic mass is 19.4. The molecule has 20 heavy (non-hydrogen) atoms. The highest BCUT2D eigenvalue weighted by molar-refractivity contribution is 5.86. The van der Waals surface area contributed by atoms with E-state index in [1.54, 1.807) is 7.05 Å². The number of likely N-dealkylation sites (N-methyl/N-ethyl adjacent to an activating group) is 1. The van der Waals surface area contributed by atoms with Gasteiger partial charge >= 0.3 is 6.18 Å². The monoisotopic (exact) mass is 296 g/mol. The molecule has 0 rings (SSSR count). The van der Waals surface area contributed by atoms with Crippen molar-refractivity contribution in [2.45, 2.75) is 32.4 Å². The summed E-state index contributed by atoms with van der Waals surface area (Å²) < 4.78 is 36.4. The number of carbonyl (C=O) groups is 1. The fourth-order valence-electron chi connectivity index (χ4n) is 1.45. The van der Waals surface area contributed by atoms with E-state index in [1.165, 1.54) is 0 Å². The molecule has 0 bridgehead atoms. The Morgan fingerprint density at radius 3 is 2.40 bits per heavy atom. The van der Waals surface area contributed by atoms with Gasteiger partial charge in [-0.3, -0.25) is 9.79 Å². The van der Waals surface area contributed by atoms with Gasteiger partial charge in [0.2, 0.25) is 5.91 Å². The Labute approximate surface area is 117 Å². The molecule has 0 fully saturated rings. The maximum absolute atomic E-state index is 12.1. The van der Waals surface area contributed by atoms with Crippen molar-refractivity contribution in [2.75, 3.05) is 33.7 Å². The third-order valence-corrected chi connectivity index (χ3v) is 2.55. The lowest BCUT2D eigenvalue weighted by molar-refractivity contribution is -0.157. The number of unbranched alkanes of at least 4 members (excludes halogenated alkanes) is 2. The average Bonchev–Trinajstić information content (AvgIpc) is 2.35. The van der Waals surface area contributed by atoms with Crippen LogP contribution in [0.2, 0.25) is 0 Å². The maximum atomic E-state index is 12.1. The number of guanidine groups is 1. The first kappa shape index (κ1) is 18.5. The molecular weight excluding hydrogens is 273 g/mol. The second-order valence-corrected chi connectivity index (χ2v) is 4.42. The van der Waals surface area contributed by atoms with Gasteiger partial charge < -0.3 is 15.5 Å². The molecule has 0 aromatic carbocycles. The molecule has 0 aliphatic carbocycles. The van der Waals surface area contributed by atoms with Gasteiger partial charge in [0.25, 0.3) is 0 Å². The summed E-state index contributed by atoms with van der Waals surface area (Å²) >= 11 is 0. The van der Waals surface area contributed by atoms with Gasteiger partial charge in [0.05, 0.1) is 6.54 Å². The first-order valence-electron chi connectivity index (χ1n) is 6.55. The van der Waals surface area contributed by atoms with Gasteiger partial charge in [-0.2, -0.15) is 13.2 Å². The van der Waals surface area contributed by atoms with Crippen LogP contribution in [0.3, 0.4) is 0 Å². The zero-order valence-corrected chi connectivity index (χ0v) is 12.2. The summed E-state index contributed by atoms with van der Waals surface area (Å²) in [6.07, 6.45) is -1.24. The topological polar surface area (TPSA) is 56.7 Å². The number of nitrogens with one attached hydrogen (secondary N) is 2. The molecule has 0 atom stereocenters. The Hall–Kier alpha value is -1.47. The van der Waals surface area contributed by atoms with Crippen LogP contribution < -0.4 is 10.6 Å². The molecule has 0 heterocycles. The van der Waals surface area contributed by atoms with Crippen molar-refractivity contribution in [3.8, 4) is 0 Å². The number of aliphatic imine (C=N–C) groups is 1. The molecule has 118 valence electrons. The minimum Gasteiger partial charge on any atom is -0.356 e. The second-order valence-electron chi connectivity index (χ2n) is 4.42. The SMILES string of the molecule is CCCCCNC(=NC)NCC(=O)N(C)CC(F)(F)F. The Morgan fingerprint density at radius 2 is 1.90 bits per heavy atom. The van der Waals surface area contributed by atoms with Crippen molar-refractivity contribution in [2.24, 2.45) is 4.99 Å². The number of nitrogens with zero attached hydrogens (tertiary/aromatic N) is 2. The van der Waals surface area contributed by atoms with E-state index in [9.17, 15) is 18.0 Å². The summed E-state index contributed by atoms with van der Waals surface area (Å²) in [7, 11) is 2.66. The van der Waals surface area contributed by atoms with Crippen LogP contribution in [0.15, 0.2) is 4.99 Å². The van der Waals surface area contributed by atoms with Crippen LogP contribution in [0.25, 0.3) is 0 Å². The lowest BCUT2D eigenvalue weighted by atomic mass is 10.2. The van der Waals surface area contributed by atoms with Crippen molar-refractivity contribution in [1.82, 2.24) is 15.5 Å². The predicted molar refractivity (Wildman–Crippen MR) is 72.6 cm³/mol. The van der Waals surface area contributed by atoms with E-state index in [0.717, 1.165) is 26.3 Å². The van der Waals surface area contributed by atoms with E-state index in [2.05, 4.69) is 22.5 Å². The molecule has 0 aromatic rings. The largest absolute Gasteiger partial charge is 0.406 e. The van der Waals surface area contributed by atoms with Crippen LogP contribution in [-0.4, -0.2) is 56.7 Å². The van der Waals surface area contributed by atoms with Gasteiger partial charge in [0, 0.05) is 20.6 Å². The lowest BCUT2D eigenvalue weighted by Crippen LogP contribution is -2.45. The van der Waals surface area contributed by atoms with Crippen LogP contribution in [0, 0.1) is 0 Å². The van der Waals surface area contributed by atoms with Crippen molar-refractivity contribution in [3.05, 3.63) is 0 Å². The van der Waals surface area contributed by atoms with Gasteiger partial charge in [0.15, 0.2) is 5.96 Å². The smallest absolute Gasteiger partial charge is 0.356 e. The van der Waals surface area contributed by atoms with Crippen LogP contribution in [0.1, 0.15) is 26.2 Å². The van der Waals surface area contributed by atoms with Crippen molar-refractivity contribution < 1.29 is 18.0 Å². The van der Waals surface area contributed by atoms with E-state index in [4.69, 9.17) is 0 Å². The zero-order chi connectivity index (χ0) is 15.6. The van der Waals surface area contributed by atoms with E-state index in [0.29, 0.717) is 17.4 Å². The molecule has 0 aromatic heterocycles. The third kappa shape index (κ3) is 9.46. The Morgan fingerprint density at radius 1 is 1.25 bits per heavy atom. The number of alkyl halides is 3. The van der Waals surface area contributed by atoms with E-state index < -0.39 is 18.6 Å². The summed E-state index contributed by atoms with van der Waals surface area (Å²) in [5.41, 5.74) is 0. The van der Waals surface area contributed by atoms with Gasteiger partial charge in [-0.15, -0.1) is 0 Å². The number of amides is 1. The highest BCUT2D eigenvalue weighted by Crippen LogP contribution is 2.15. The molecule has 0 spiro atoms. The number of hydrogen-bond acceptors (Lipinski definition) is 2. The van der Waals surface area contributed by atoms with E-state index >= 15 is 0 Å². The minimum atomic E-state index is -4.38. The maximum Gasteiger partial charge on any atom is 0.406 e. The number of carbonyl (C=O) groups excluding carboxylic acids is 1. The van der Waals surface area contributed by atoms with Crippen LogP contribution in [0.4, 0.5) is 13.2 Å². The average molecular weight is 296 g/mol. The predicted octanol–water partition coefficient (Wildman–Crippen LogP) is 1.36. The van der Waals surface area contributed by atoms with Crippen molar-refractivity contribution in [1.29, 1.82) is 0 Å². The standard InChI is InChI=1S/C12H23F3N4O/c1-4-5-6-7-17-11(16-2)18-8-10(20)19(3)9-12(13,14)15/h4-9H2,1-3H3,(H2,16,17,18). The van der Waals surface area contributed by atoms with E-state index in [-0.39, 0.29) is 6.54 Å². The molecule has 0 aliphatic heterocycles. The lowest BCUT2D eigenvalue weighted by Gasteiger charge is -2.19. The fraction of sp³-hybridized carbons (Fsp3) is 0.833. The van der Waals surface area contributed by atoms with Crippen LogP contribution in [0.5, 0.6) is 0 Å². The first-order chi connectivity index (χ1) is 9.30. The van der Waals surface area contributed by atoms with Crippen molar-refractivity contribution >= 4 is 11.9 Å². The zero-order valence-electron chi connectivity index (χ0n) is 12.2. The molecular formula is C12H23F3N4O. The molecule has 0 aliphatic rings. The Balaban J connectivity index is 4.02. The van der Waals surface area contributed by atoms with Crippen LogP contribution >= 0.6 is 0 Å².